The van der Waals surface area contributed by atoms with Gasteiger partial charge in [0.25, 0.3) is 11.5 Å². The Kier molecular flexibility index (Phi) is 5.11. The Balaban J connectivity index is 2.08. The Labute approximate surface area is 150 Å². The van der Waals surface area contributed by atoms with Crippen molar-refractivity contribution in [2.24, 2.45) is 0 Å². The van der Waals surface area contributed by atoms with Crippen LogP contribution >= 0.6 is 0 Å². The lowest BCUT2D eigenvalue weighted by Crippen LogP contribution is -2.27. The van der Waals surface area contributed by atoms with Crippen molar-refractivity contribution >= 4 is 22.4 Å². The lowest BCUT2D eigenvalue weighted by molar-refractivity contribution is 0.102. The molecule has 3 aromatic rings. The summed E-state index contributed by atoms with van der Waals surface area (Å²) in [7, 11) is 0. The number of amides is 1. The fourth-order valence-corrected chi connectivity index (χ4v) is 2.77. The highest BCUT2D eigenvalue weighted by Crippen LogP contribution is 2.19. The van der Waals surface area contributed by atoms with E-state index in [1.54, 1.807) is 37.3 Å². The molecule has 2 aromatic carbocycles. The number of anilines is 1. The van der Waals surface area contributed by atoms with Gasteiger partial charge in [0.2, 0.25) is 0 Å². The SMILES string of the molecule is CCCCn1nc(C(=O)Nc2cc(F)ccc2C)c2ccccc2c1=O. The zero-order valence-corrected chi connectivity index (χ0v) is 14.8. The van der Waals surface area contributed by atoms with Gasteiger partial charge in [0.15, 0.2) is 5.69 Å². The number of halogens is 1. The summed E-state index contributed by atoms with van der Waals surface area (Å²) < 4.78 is 14.8. The standard InChI is InChI=1S/C20H20FN3O2/c1-3-4-11-24-20(26)16-8-6-5-7-15(16)18(23-24)19(25)22-17-12-14(21)10-9-13(17)2/h5-10,12H,3-4,11H2,1-2H3,(H,22,25). The van der Waals surface area contributed by atoms with Crippen molar-refractivity contribution in [2.45, 2.75) is 33.2 Å². The molecule has 1 amide bonds. The molecule has 0 aliphatic heterocycles. The number of carbonyl (C=O) groups excluding carboxylic acids is 1. The third-order valence-electron chi connectivity index (χ3n) is 4.25. The molecule has 0 fully saturated rings. The Hall–Kier alpha value is -3.02. The second-order valence-electron chi connectivity index (χ2n) is 6.19. The zero-order chi connectivity index (χ0) is 18.7. The van der Waals surface area contributed by atoms with E-state index < -0.39 is 11.7 Å². The van der Waals surface area contributed by atoms with Crippen LogP contribution in [-0.4, -0.2) is 15.7 Å². The fourth-order valence-electron chi connectivity index (χ4n) is 2.77. The number of benzene rings is 2. The molecule has 1 N–H and O–H groups in total. The summed E-state index contributed by atoms with van der Waals surface area (Å²) in [4.78, 5) is 25.4. The van der Waals surface area contributed by atoms with Crippen molar-refractivity contribution in [3.8, 4) is 0 Å². The molecule has 0 saturated carbocycles. The molecule has 1 heterocycles. The first kappa shape index (κ1) is 17.8. The number of nitrogens with one attached hydrogen (secondary N) is 1. The third-order valence-corrected chi connectivity index (χ3v) is 4.25. The molecule has 0 radical (unpaired) electrons. The molecule has 0 spiro atoms. The van der Waals surface area contributed by atoms with Crippen LogP contribution < -0.4 is 10.9 Å². The Bertz CT molecular complexity index is 1030. The molecule has 0 unspecified atom stereocenters. The molecule has 0 saturated heterocycles. The average molecular weight is 353 g/mol. The lowest BCUT2D eigenvalue weighted by Gasteiger charge is -2.12. The highest BCUT2D eigenvalue weighted by Gasteiger charge is 2.17. The van der Waals surface area contributed by atoms with Crippen molar-refractivity contribution in [2.75, 3.05) is 5.32 Å². The first-order valence-corrected chi connectivity index (χ1v) is 8.58. The van der Waals surface area contributed by atoms with Crippen molar-refractivity contribution in [3.63, 3.8) is 0 Å². The van der Waals surface area contributed by atoms with Crippen LogP contribution in [0.15, 0.2) is 47.3 Å². The molecule has 6 heteroatoms. The molecular formula is C20H20FN3O2. The van der Waals surface area contributed by atoms with Gasteiger partial charge in [-0.2, -0.15) is 5.10 Å². The monoisotopic (exact) mass is 353 g/mol. The van der Waals surface area contributed by atoms with E-state index in [-0.39, 0.29) is 11.3 Å². The first-order chi connectivity index (χ1) is 12.5. The minimum Gasteiger partial charge on any atom is -0.320 e. The molecule has 0 aliphatic rings. The maximum Gasteiger partial charge on any atom is 0.276 e. The Morgan fingerprint density at radius 3 is 2.65 bits per heavy atom. The number of nitrogens with zero attached hydrogens (tertiary/aromatic N) is 2. The number of hydrogen-bond donors (Lipinski definition) is 1. The van der Waals surface area contributed by atoms with E-state index in [0.717, 1.165) is 18.4 Å². The van der Waals surface area contributed by atoms with Gasteiger partial charge in [-0.25, -0.2) is 9.07 Å². The number of fused-ring (bicyclic) bond motifs is 1. The Morgan fingerprint density at radius 2 is 1.92 bits per heavy atom. The third kappa shape index (κ3) is 3.49. The summed E-state index contributed by atoms with van der Waals surface area (Å²) in [6.07, 6.45) is 1.69. The van der Waals surface area contributed by atoms with E-state index in [9.17, 15) is 14.0 Å². The van der Waals surface area contributed by atoms with Crippen molar-refractivity contribution < 1.29 is 9.18 Å². The smallest absolute Gasteiger partial charge is 0.276 e. The van der Waals surface area contributed by atoms with E-state index in [2.05, 4.69) is 10.4 Å². The van der Waals surface area contributed by atoms with E-state index in [4.69, 9.17) is 0 Å². The van der Waals surface area contributed by atoms with Crippen LogP contribution in [0.25, 0.3) is 10.8 Å². The van der Waals surface area contributed by atoms with Crippen LogP contribution in [-0.2, 0) is 6.54 Å². The lowest BCUT2D eigenvalue weighted by atomic mass is 10.1. The van der Waals surface area contributed by atoms with Gasteiger partial charge in [0, 0.05) is 17.6 Å². The molecule has 1 aromatic heterocycles. The van der Waals surface area contributed by atoms with Crippen LogP contribution in [0, 0.1) is 12.7 Å². The summed E-state index contributed by atoms with van der Waals surface area (Å²) in [6, 6.07) is 11.1. The maximum atomic E-state index is 13.5. The summed E-state index contributed by atoms with van der Waals surface area (Å²) in [5.74, 6) is -0.906. The topological polar surface area (TPSA) is 64.0 Å². The van der Waals surface area contributed by atoms with E-state index in [1.165, 1.54) is 16.8 Å². The quantitative estimate of drug-likeness (QED) is 0.757. The molecule has 0 bridgehead atoms. The van der Waals surface area contributed by atoms with Gasteiger partial charge in [-0.3, -0.25) is 9.59 Å². The second-order valence-corrected chi connectivity index (χ2v) is 6.19. The minimum atomic E-state index is -0.472. The van der Waals surface area contributed by atoms with Crippen LogP contribution in [0.4, 0.5) is 10.1 Å². The number of rotatable bonds is 5. The number of unbranched alkanes of at least 4 members (excludes halogenated alkanes) is 1. The van der Waals surface area contributed by atoms with E-state index in [0.29, 0.717) is 23.0 Å². The fraction of sp³-hybridized carbons (Fsp3) is 0.250. The predicted octanol–water partition coefficient (Wildman–Crippen LogP) is 3.90. The van der Waals surface area contributed by atoms with E-state index in [1.807, 2.05) is 6.92 Å². The average Bonchev–Trinajstić information content (AvgIpc) is 2.64. The summed E-state index contributed by atoms with van der Waals surface area (Å²) >= 11 is 0. The van der Waals surface area contributed by atoms with Gasteiger partial charge in [0.1, 0.15) is 5.82 Å². The van der Waals surface area contributed by atoms with Gasteiger partial charge in [0.05, 0.1) is 5.39 Å². The van der Waals surface area contributed by atoms with Crippen molar-refractivity contribution in [3.05, 3.63) is 69.9 Å². The van der Waals surface area contributed by atoms with Crippen LogP contribution in [0.5, 0.6) is 0 Å². The number of aromatic nitrogens is 2. The molecule has 3 rings (SSSR count). The number of carbonyl (C=O) groups is 1. The summed E-state index contributed by atoms with van der Waals surface area (Å²) in [5.41, 5.74) is 1.06. The highest BCUT2D eigenvalue weighted by molar-refractivity contribution is 6.11. The second kappa shape index (κ2) is 7.47. The predicted molar refractivity (Wildman–Crippen MR) is 100 cm³/mol. The minimum absolute atomic E-state index is 0.153. The Morgan fingerprint density at radius 1 is 1.19 bits per heavy atom. The van der Waals surface area contributed by atoms with Crippen molar-refractivity contribution in [1.82, 2.24) is 9.78 Å². The largest absolute Gasteiger partial charge is 0.320 e. The molecule has 26 heavy (non-hydrogen) atoms. The zero-order valence-electron chi connectivity index (χ0n) is 14.8. The maximum absolute atomic E-state index is 13.5. The normalized spacial score (nSPS) is 10.9. The van der Waals surface area contributed by atoms with Crippen LogP contribution in [0.2, 0.25) is 0 Å². The van der Waals surface area contributed by atoms with Gasteiger partial charge in [-0.1, -0.05) is 37.6 Å². The van der Waals surface area contributed by atoms with Crippen molar-refractivity contribution in [1.29, 1.82) is 0 Å². The van der Waals surface area contributed by atoms with Crippen LogP contribution in [0.3, 0.4) is 0 Å². The first-order valence-electron chi connectivity index (χ1n) is 8.58. The molecule has 134 valence electrons. The molecule has 0 aliphatic carbocycles. The number of aryl methyl sites for hydroxylation is 2. The van der Waals surface area contributed by atoms with E-state index >= 15 is 0 Å². The van der Waals surface area contributed by atoms with Gasteiger partial charge in [-0.05, 0) is 37.1 Å². The molecular weight excluding hydrogens is 333 g/mol. The molecule has 0 atom stereocenters. The van der Waals surface area contributed by atoms with Gasteiger partial charge in [-0.15, -0.1) is 0 Å². The summed E-state index contributed by atoms with van der Waals surface area (Å²) in [6.45, 7) is 4.24. The van der Waals surface area contributed by atoms with Gasteiger partial charge < -0.3 is 5.32 Å². The number of hydrogen-bond acceptors (Lipinski definition) is 3. The molecule has 5 nitrogen and oxygen atoms in total. The summed E-state index contributed by atoms with van der Waals surface area (Å²) in [5, 5.41) is 7.92. The van der Waals surface area contributed by atoms with Gasteiger partial charge >= 0.3 is 0 Å². The van der Waals surface area contributed by atoms with Crippen LogP contribution in [0.1, 0.15) is 35.8 Å². The highest BCUT2D eigenvalue weighted by atomic mass is 19.1.